The first-order chi connectivity index (χ1) is 14.7. The van der Waals surface area contributed by atoms with Crippen LogP contribution in [0.5, 0.6) is 0 Å². The topological polar surface area (TPSA) is 90.5 Å². The summed E-state index contributed by atoms with van der Waals surface area (Å²) in [5, 5.41) is 3.08. The number of carbonyl (C=O) groups excluding carboxylic acids is 3. The summed E-state index contributed by atoms with van der Waals surface area (Å²) in [4.78, 5) is 39.3. The van der Waals surface area contributed by atoms with E-state index in [1.807, 2.05) is 25.1 Å². The summed E-state index contributed by atoms with van der Waals surface area (Å²) in [5.74, 6) is -1.96. The quantitative estimate of drug-likeness (QED) is 0.529. The third kappa shape index (κ3) is 5.46. The Hall–Kier alpha value is -3.72. The molecular weight excluding hydrogens is 419 g/mol. The second-order valence-electron chi connectivity index (χ2n) is 6.94. The second-order valence-corrected chi connectivity index (χ2v) is 7.99. The molecule has 0 saturated carbocycles. The Kier molecular flexibility index (Phi) is 6.66. The molecule has 3 aromatic rings. The Morgan fingerprint density at radius 1 is 0.871 bits per heavy atom. The highest BCUT2D eigenvalue weighted by Gasteiger charge is 2.17. The van der Waals surface area contributed by atoms with Gasteiger partial charge in [0.25, 0.3) is 17.7 Å². The summed E-state index contributed by atoms with van der Waals surface area (Å²) < 4.78 is 13.3. The van der Waals surface area contributed by atoms with Crippen LogP contribution in [0.4, 0.5) is 15.1 Å². The summed E-state index contributed by atoms with van der Waals surface area (Å²) >= 11 is 1.05. The van der Waals surface area contributed by atoms with Crippen LogP contribution in [0.3, 0.4) is 0 Å². The van der Waals surface area contributed by atoms with Crippen molar-refractivity contribution in [2.45, 2.75) is 6.92 Å². The monoisotopic (exact) mass is 440 g/mol. The first kappa shape index (κ1) is 22.0. The molecule has 0 unspecified atom stereocenters. The van der Waals surface area contributed by atoms with E-state index >= 15 is 0 Å². The molecule has 0 spiro atoms. The maximum Gasteiger partial charge on any atom is 0.280 e. The van der Waals surface area contributed by atoms with Crippen molar-refractivity contribution in [1.82, 2.24) is 10.9 Å². The van der Waals surface area contributed by atoms with Gasteiger partial charge in [0.2, 0.25) is 0 Å². The highest BCUT2D eigenvalue weighted by atomic mass is 32.1. The lowest BCUT2D eigenvalue weighted by Gasteiger charge is -2.13. The number of halogens is 1. The zero-order chi connectivity index (χ0) is 22.5. The average Bonchev–Trinajstić information content (AvgIpc) is 3.11. The third-order valence-corrected chi connectivity index (χ3v) is 5.51. The highest BCUT2D eigenvalue weighted by molar-refractivity contribution is 7.18. The van der Waals surface area contributed by atoms with Crippen molar-refractivity contribution in [2.24, 2.45) is 0 Å². The zero-order valence-corrected chi connectivity index (χ0v) is 18.0. The smallest absolute Gasteiger partial charge is 0.280 e. The van der Waals surface area contributed by atoms with Gasteiger partial charge >= 0.3 is 0 Å². The van der Waals surface area contributed by atoms with Crippen molar-refractivity contribution in [2.75, 3.05) is 24.3 Å². The van der Waals surface area contributed by atoms with E-state index in [-0.39, 0.29) is 5.56 Å². The third-order valence-electron chi connectivity index (χ3n) is 4.36. The molecular formula is C22H21FN4O3S. The maximum absolute atomic E-state index is 13.3. The lowest BCUT2D eigenvalue weighted by Crippen LogP contribution is -2.41. The van der Waals surface area contributed by atoms with Gasteiger partial charge in [-0.2, -0.15) is 0 Å². The van der Waals surface area contributed by atoms with E-state index in [9.17, 15) is 18.8 Å². The first-order valence-electron chi connectivity index (χ1n) is 9.30. The minimum atomic E-state index is -0.512. The predicted molar refractivity (Wildman–Crippen MR) is 119 cm³/mol. The molecule has 0 saturated heterocycles. The number of hydrogen-bond donors (Lipinski definition) is 3. The minimum Gasteiger partial charge on any atom is -0.378 e. The molecule has 0 bridgehead atoms. The predicted octanol–water partition coefficient (Wildman–Crippen LogP) is 3.59. The number of hydrazine groups is 1. The van der Waals surface area contributed by atoms with Crippen LogP contribution < -0.4 is 21.1 Å². The summed E-state index contributed by atoms with van der Waals surface area (Å²) in [6.45, 7) is 1.71. The summed E-state index contributed by atoms with van der Waals surface area (Å²) in [6.07, 6.45) is 0. The summed E-state index contributed by atoms with van der Waals surface area (Å²) in [6, 6.07) is 13.9. The maximum atomic E-state index is 13.3. The number of nitrogens with one attached hydrogen (secondary N) is 3. The number of aryl methyl sites for hydroxylation is 1. The van der Waals surface area contributed by atoms with Gasteiger partial charge in [0.1, 0.15) is 5.82 Å². The molecule has 0 atom stereocenters. The fraction of sp³-hybridized carbons (Fsp3) is 0.136. The Balaban J connectivity index is 1.63. The molecule has 7 nitrogen and oxygen atoms in total. The van der Waals surface area contributed by atoms with Crippen LogP contribution in [0.15, 0.2) is 54.6 Å². The fourth-order valence-corrected chi connectivity index (χ4v) is 3.71. The average molecular weight is 441 g/mol. The first-order valence-corrected chi connectivity index (χ1v) is 10.1. The van der Waals surface area contributed by atoms with Gasteiger partial charge in [0, 0.05) is 30.9 Å². The molecule has 31 heavy (non-hydrogen) atoms. The number of hydrogen-bond acceptors (Lipinski definition) is 5. The molecule has 1 heterocycles. The standard InChI is InChI=1S/C22H21FN4O3S/c1-13-10-18(24-20(28)14-6-4-8-16(23)11-14)31-19(13)22(30)26-25-21(29)15-7-5-9-17(12-15)27(2)3/h4-12H,1-3H3,(H,24,28)(H,25,29)(H,26,30). The molecule has 2 aromatic carbocycles. The minimum absolute atomic E-state index is 0.171. The van der Waals surface area contributed by atoms with Crippen molar-refractivity contribution >= 4 is 39.7 Å². The van der Waals surface area contributed by atoms with Crippen LogP contribution in [0, 0.1) is 12.7 Å². The molecule has 3 amide bonds. The fourth-order valence-electron chi connectivity index (χ4n) is 2.75. The second kappa shape index (κ2) is 9.40. The zero-order valence-electron chi connectivity index (χ0n) is 17.2. The number of amides is 3. The van der Waals surface area contributed by atoms with E-state index in [1.165, 1.54) is 18.2 Å². The molecule has 1 aromatic heterocycles. The van der Waals surface area contributed by atoms with Crippen molar-refractivity contribution in [3.05, 3.63) is 82.0 Å². The Labute approximate surface area is 182 Å². The molecule has 0 aliphatic heterocycles. The van der Waals surface area contributed by atoms with Gasteiger partial charge in [-0.3, -0.25) is 25.2 Å². The van der Waals surface area contributed by atoms with Crippen molar-refractivity contribution in [3.8, 4) is 0 Å². The van der Waals surface area contributed by atoms with E-state index in [4.69, 9.17) is 0 Å². The SMILES string of the molecule is Cc1cc(NC(=O)c2cccc(F)c2)sc1C(=O)NNC(=O)c1cccc(N(C)C)c1. The van der Waals surface area contributed by atoms with Crippen LogP contribution in [-0.2, 0) is 0 Å². The molecule has 0 fully saturated rings. The van der Waals surface area contributed by atoms with Crippen LogP contribution in [0.1, 0.15) is 36.0 Å². The Bertz CT molecular complexity index is 1140. The van der Waals surface area contributed by atoms with Crippen LogP contribution in [-0.4, -0.2) is 31.8 Å². The number of carbonyl (C=O) groups is 3. The van der Waals surface area contributed by atoms with E-state index in [0.717, 1.165) is 23.1 Å². The van der Waals surface area contributed by atoms with Gasteiger partial charge in [0.15, 0.2) is 0 Å². The highest BCUT2D eigenvalue weighted by Crippen LogP contribution is 2.27. The molecule has 0 aliphatic carbocycles. The van der Waals surface area contributed by atoms with Gasteiger partial charge in [-0.1, -0.05) is 12.1 Å². The van der Waals surface area contributed by atoms with Gasteiger partial charge < -0.3 is 10.2 Å². The van der Waals surface area contributed by atoms with E-state index in [2.05, 4.69) is 16.2 Å². The number of anilines is 2. The van der Waals surface area contributed by atoms with Crippen molar-refractivity contribution in [1.29, 1.82) is 0 Å². The largest absolute Gasteiger partial charge is 0.378 e. The number of rotatable bonds is 5. The molecule has 160 valence electrons. The Morgan fingerprint density at radius 2 is 1.52 bits per heavy atom. The van der Waals surface area contributed by atoms with Crippen LogP contribution in [0.2, 0.25) is 0 Å². The molecule has 0 radical (unpaired) electrons. The van der Waals surface area contributed by atoms with Crippen LogP contribution >= 0.6 is 11.3 Å². The van der Waals surface area contributed by atoms with Crippen molar-refractivity contribution in [3.63, 3.8) is 0 Å². The molecule has 0 aliphatic rings. The van der Waals surface area contributed by atoms with Gasteiger partial charge in [-0.15, -0.1) is 11.3 Å². The Morgan fingerprint density at radius 3 is 2.19 bits per heavy atom. The van der Waals surface area contributed by atoms with Gasteiger partial charge in [-0.05, 0) is 55.0 Å². The molecule has 3 rings (SSSR count). The van der Waals surface area contributed by atoms with E-state index < -0.39 is 23.5 Å². The number of benzene rings is 2. The number of nitrogens with zero attached hydrogens (tertiary/aromatic N) is 1. The van der Waals surface area contributed by atoms with Crippen molar-refractivity contribution < 1.29 is 18.8 Å². The number of thiophene rings is 1. The molecule has 9 heteroatoms. The lowest BCUT2D eigenvalue weighted by atomic mass is 10.2. The molecule has 3 N–H and O–H groups in total. The van der Waals surface area contributed by atoms with E-state index in [0.29, 0.717) is 21.0 Å². The van der Waals surface area contributed by atoms with E-state index in [1.54, 1.807) is 31.2 Å². The van der Waals surface area contributed by atoms with Gasteiger partial charge in [-0.25, -0.2) is 4.39 Å². The van der Waals surface area contributed by atoms with Gasteiger partial charge in [0.05, 0.1) is 9.88 Å². The lowest BCUT2D eigenvalue weighted by molar-refractivity contribution is 0.0848. The normalized spacial score (nSPS) is 10.3. The van der Waals surface area contributed by atoms with Crippen LogP contribution in [0.25, 0.3) is 0 Å². The summed E-state index contributed by atoms with van der Waals surface area (Å²) in [5.41, 5.74) is 6.83. The summed E-state index contributed by atoms with van der Waals surface area (Å²) in [7, 11) is 3.73.